The van der Waals surface area contributed by atoms with E-state index >= 15 is 0 Å². The van der Waals surface area contributed by atoms with Gasteiger partial charge in [-0.15, -0.1) is 9.94 Å². The minimum Gasteiger partial charge on any atom is -0.411 e. The van der Waals surface area contributed by atoms with Gasteiger partial charge in [-0.05, 0) is 53.9 Å². The molecule has 118 valence electrons. The molecule has 1 fully saturated rings. The van der Waals surface area contributed by atoms with Crippen LogP contribution >= 0.6 is 15.9 Å². The fourth-order valence-electron chi connectivity index (χ4n) is 2.33. The molecule has 22 heavy (non-hydrogen) atoms. The van der Waals surface area contributed by atoms with Crippen molar-refractivity contribution in [3.05, 3.63) is 34.4 Å². The zero-order valence-corrected chi connectivity index (χ0v) is 14.4. The van der Waals surface area contributed by atoms with E-state index in [1.165, 1.54) is 0 Å². The Hall–Kier alpha value is -1.54. The Morgan fingerprint density at radius 1 is 1.36 bits per heavy atom. The van der Waals surface area contributed by atoms with Crippen molar-refractivity contribution in [2.75, 3.05) is 5.32 Å². The quantitative estimate of drug-likeness (QED) is 0.788. The summed E-state index contributed by atoms with van der Waals surface area (Å²) >= 11 is 3.32. The van der Waals surface area contributed by atoms with E-state index < -0.39 is 9.84 Å². The van der Waals surface area contributed by atoms with Crippen LogP contribution in [0, 0.1) is 6.92 Å². The maximum atomic E-state index is 12.6. The Bertz CT molecular complexity index is 793. The molecule has 3 rings (SSSR count). The summed E-state index contributed by atoms with van der Waals surface area (Å²) in [6.45, 7) is 1.71. The summed E-state index contributed by atoms with van der Waals surface area (Å²) in [6.07, 6.45) is 2.41. The van der Waals surface area contributed by atoms with Crippen LogP contribution in [0.5, 0.6) is 0 Å². The average Bonchev–Trinajstić information content (AvgIpc) is 2.68. The summed E-state index contributed by atoms with van der Waals surface area (Å²) in [5.41, 5.74) is 1.20. The van der Waals surface area contributed by atoms with Gasteiger partial charge in [0.05, 0.1) is 15.8 Å². The van der Waals surface area contributed by atoms with Crippen molar-refractivity contribution < 1.29 is 13.6 Å². The number of rotatable bonds is 4. The highest BCUT2D eigenvalue weighted by atomic mass is 79.9. The lowest BCUT2D eigenvalue weighted by atomic mass is 10.00. The standard InChI is InChI=1S/C14H16BrN3O3S/c1-9-7-14(17-18(9)19)16-10-5-6-12(15)13(8-10)22(20,21)11-3-2-4-11/h5-8,11,19H,2-4H2,1H3,(H,16,17). The molecular weight excluding hydrogens is 370 g/mol. The lowest BCUT2D eigenvalue weighted by molar-refractivity contribution is 0.143. The van der Waals surface area contributed by atoms with Crippen LogP contribution in [0.25, 0.3) is 0 Å². The molecule has 2 aromatic rings. The van der Waals surface area contributed by atoms with Crippen molar-refractivity contribution >= 4 is 37.3 Å². The van der Waals surface area contributed by atoms with Crippen LogP contribution in [-0.2, 0) is 9.84 Å². The molecular formula is C14H16BrN3O3S. The third kappa shape index (κ3) is 2.72. The molecule has 0 saturated heterocycles. The fraction of sp³-hybridized carbons (Fsp3) is 0.357. The van der Waals surface area contributed by atoms with Gasteiger partial charge in [0, 0.05) is 16.2 Å². The van der Waals surface area contributed by atoms with E-state index in [9.17, 15) is 13.6 Å². The topological polar surface area (TPSA) is 84.2 Å². The van der Waals surface area contributed by atoms with Crippen molar-refractivity contribution in [1.82, 2.24) is 9.94 Å². The number of anilines is 2. The van der Waals surface area contributed by atoms with Crippen LogP contribution in [0.2, 0.25) is 0 Å². The molecule has 0 radical (unpaired) electrons. The van der Waals surface area contributed by atoms with Crippen molar-refractivity contribution in [3.8, 4) is 0 Å². The second kappa shape index (κ2) is 5.58. The van der Waals surface area contributed by atoms with Crippen molar-refractivity contribution in [3.63, 3.8) is 0 Å². The third-order valence-electron chi connectivity index (χ3n) is 3.86. The van der Waals surface area contributed by atoms with Gasteiger partial charge in [0.15, 0.2) is 15.7 Å². The highest BCUT2D eigenvalue weighted by Crippen LogP contribution is 2.36. The zero-order chi connectivity index (χ0) is 15.9. The highest BCUT2D eigenvalue weighted by Gasteiger charge is 2.34. The molecule has 2 N–H and O–H groups in total. The lowest BCUT2D eigenvalue weighted by Gasteiger charge is -2.25. The Labute approximate surface area is 137 Å². The first-order chi connectivity index (χ1) is 10.4. The highest BCUT2D eigenvalue weighted by molar-refractivity contribution is 9.10. The predicted octanol–water partition coefficient (Wildman–Crippen LogP) is 3.26. The number of hydrogen-bond donors (Lipinski definition) is 2. The molecule has 0 aliphatic heterocycles. The van der Waals surface area contributed by atoms with Crippen LogP contribution in [0.4, 0.5) is 11.5 Å². The zero-order valence-electron chi connectivity index (χ0n) is 12.0. The SMILES string of the molecule is Cc1cc(Nc2ccc(Br)c(S(=O)(=O)C3CCC3)c2)nn1O. The van der Waals surface area contributed by atoms with Crippen molar-refractivity contribution in [1.29, 1.82) is 0 Å². The number of sulfone groups is 1. The molecule has 0 amide bonds. The maximum Gasteiger partial charge on any atom is 0.182 e. The van der Waals surface area contributed by atoms with Gasteiger partial charge >= 0.3 is 0 Å². The lowest BCUT2D eigenvalue weighted by Crippen LogP contribution is -2.28. The van der Waals surface area contributed by atoms with E-state index in [2.05, 4.69) is 26.3 Å². The maximum absolute atomic E-state index is 12.6. The number of nitrogens with one attached hydrogen (secondary N) is 1. The second-order valence-corrected chi connectivity index (χ2v) is 8.48. The summed E-state index contributed by atoms with van der Waals surface area (Å²) in [5.74, 6) is 0.453. The van der Waals surface area contributed by atoms with Crippen LogP contribution in [0.3, 0.4) is 0 Å². The first-order valence-corrected chi connectivity index (χ1v) is 9.28. The average molecular weight is 386 g/mol. The first-order valence-electron chi connectivity index (χ1n) is 6.94. The minimum atomic E-state index is -3.31. The molecule has 1 aliphatic rings. The number of aromatic nitrogens is 2. The Kier molecular flexibility index (Phi) is 3.90. The predicted molar refractivity (Wildman–Crippen MR) is 86.4 cm³/mol. The molecule has 1 saturated carbocycles. The smallest absolute Gasteiger partial charge is 0.182 e. The monoisotopic (exact) mass is 385 g/mol. The molecule has 0 spiro atoms. The molecule has 0 bridgehead atoms. The second-order valence-electron chi connectivity index (χ2n) is 5.43. The van der Waals surface area contributed by atoms with Crippen molar-refractivity contribution in [2.45, 2.75) is 36.3 Å². The third-order valence-corrected chi connectivity index (χ3v) is 7.12. The van der Waals surface area contributed by atoms with E-state index in [-0.39, 0.29) is 5.25 Å². The molecule has 1 aliphatic carbocycles. The largest absolute Gasteiger partial charge is 0.411 e. The summed E-state index contributed by atoms with van der Waals surface area (Å²) < 4.78 is 25.7. The number of halogens is 1. The van der Waals surface area contributed by atoms with E-state index in [4.69, 9.17) is 0 Å². The van der Waals surface area contributed by atoms with Crippen LogP contribution in [0.15, 0.2) is 33.6 Å². The Morgan fingerprint density at radius 2 is 2.09 bits per heavy atom. The van der Waals surface area contributed by atoms with Crippen LogP contribution in [0.1, 0.15) is 25.0 Å². The summed E-state index contributed by atoms with van der Waals surface area (Å²) in [7, 11) is -3.31. The van der Waals surface area contributed by atoms with Gasteiger partial charge in [-0.1, -0.05) is 6.42 Å². The van der Waals surface area contributed by atoms with Gasteiger partial charge in [-0.25, -0.2) is 8.42 Å². The van der Waals surface area contributed by atoms with Gasteiger partial charge in [-0.2, -0.15) is 0 Å². The molecule has 0 atom stereocenters. The summed E-state index contributed by atoms with van der Waals surface area (Å²) in [5, 5.41) is 16.0. The number of hydrogen-bond acceptors (Lipinski definition) is 5. The van der Waals surface area contributed by atoms with E-state index in [1.807, 2.05) is 0 Å². The number of nitrogens with zero attached hydrogens (tertiary/aromatic N) is 2. The van der Waals surface area contributed by atoms with Gasteiger partial charge in [0.1, 0.15) is 0 Å². The molecule has 1 aromatic carbocycles. The molecule has 6 nitrogen and oxygen atoms in total. The van der Waals surface area contributed by atoms with Crippen LogP contribution in [-0.4, -0.2) is 28.8 Å². The van der Waals surface area contributed by atoms with E-state index in [0.29, 0.717) is 26.6 Å². The molecule has 1 aromatic heterocycles. The minimum absolute atomic E-state index is 0.280. The van der Waals surface area contributed by atoms with Gasteiger partial charge in [0.2, 0.25) is 0 Å². The van der Waals surface area contributed by atoms with Gasteiger partial charge < -0.3 is 10.5 Å². The van der Waals surface area contributed by atoms with Gasteiger partial charge in [0.25, 0.3) is 0 Å². The van der Waals surface area contributed by atoms with E-state index in [1.54, 1.807) is 31.2 Å². The van der Waals surface area contributed by atoms with Gasteiger partial charge in [-0.3, -0.25) is 0 Å². The number of aryl methyl sites for hydroxylation is 1. The molecule has 0 unspecified atom stereocenters. The molecule has 1 heterocycles. The normalized spacial score (nSPS) is 15.5. The Morgan fingerprint density at radius 3 is 2.64 bits per heavy atom. The van der Waals surface area contributed by atoms with Crippen molar-refractivity contribution in [2.24, 2.45) is 0 Å². The van der Waals surface area contributed by atoms with E-state index in [0.717, 1.165) is 24.1 Å². The van der Waals surface area contributed by atoms with Crippen LogP contribution < -0.4 is 5.32 Å². The fourth-order valence-corrected chi connectivity index (χ4v) is 5.20. The molecule has 8 heteroatoms. The first kappa shape index (κ1) is 15.4. The summed E-state index contributed by atoms with van der Waals surface area (Å²) in [6, 6.07) is 6.73. The summed E-state index contributed by atoms with van der Waals surface area (Å²) in [4.78, 5) is 1.06. The number of benzene rings is 1. The Balaban J connectivity index is 1.92.